The summed E-state index contributed by atoms with van der Waals surface area (Å²) in [7, 11) is -1.99. The van der Waals surface area contributed by atoms with Crippen LogP contribution >= 0.6 is 23.4 Å². The Morgan fingerprint density at radius 2 is 2.11 bits per heavy atom. The summed E-state index contributed by atoms with van der Waals surface area (Å²) >= 11 is 7.56. The van der Waals surface area contributed by atoms with Crippen LogP contribution in [0.1, 0.15) is 5.56 Å². The molecule has 0 spiro atoms. The van der Waals surface area contributed by atoms with Gasteiger partial charge in [-0.05, 0) is 24.0 Å². The van der Waals surface area contributed by atoms with Crippen LogP contribution in [0.3, 0.4) is 0 Å². The average Bonchev–Trinajstić information content (AvgIpc) is 2.36. The number of thioether (sulfide) groups is 1. The van der Waals surface area contributed by atoms with Gasteiger partial charge in [0, 0.05) is 25.9 Å². The number of nitrogens with zero attached hydrogens (tertiary/aromatic N) is 1. The molecule has 0 bridgehead atoms. The maximum absolute atomic E-state index is 12.3. The molecule has 0 aliphatic heterocycles. The van der Waals surface area contributed by atoms with E-state index in [9.17, 15) is 8.42 Å². The second-order valence-corrected chi connectivity index (χ2v) is 7.19. The van der Waals surface area contributed by atoms with E-state index >= 15 is 0 Å². The van der Waals surface area contributed by atoms with Crippen molar-refractivity contribution in [3.63, 3.8) is 0 Å². The second-order valence-electron chi connectivity index (χ2n) is 3.79. The van der Waals surface area contributed by atoms with Crippen molar-refractivity contribution in [2.24, 2.45) is 5.73 Å². The van der Waals surface area contributed by atoms with Gasteiger partial charge in [-0.1, -0.05) is 17.7 Å². The molecule has 102 valence electrons. The first-order valence-electron chi connectivity index (χ1n) is 5.37. The highest BCUT2D eigenvalue weighted by Gasteiger charge is 2.23. The lowest BCUT2D eigenvalue weighted by Gasteiger charge is -2.18. The van der Waals surface area contributed by atoms with Gasteiger partial charge < -0.3 is 5.73 Å². The quantitative estimate of drug-likeness (QED) is 0.870. The van der Waals surface area contributed by atoms with Gasteiger partial charge in [0.05, 0.1) is 5.02 Å². The lowest BCUT2D eigenvalue weighted by Crippen LogP contribution is -2.29. The summed E-state index contributed by atoms with van der Waals surface area (Å²) in [6.07, 6.45) is 1.93. The van der Waals surface area contributed by atoms with Crippen LogP contribution in [0.2, 0.25) is 5.02 Å². The van der Waals surface area contributed by atoms with Crippen LogP contribution in [-0.2, 0) is 16.6 Å². The van der Waals surface area contributed by atoms with Crippen LogP contribution in [0.15, 0.2) is 23.1 Å². The summed E-state index contributed by atoms with van der Waals surface area (Å²) in [4.78, 5) is 0.121. The van der Waals surface area contributed by atoms with Crippen LogP contribution < -0.4 is 5.73 Å². The van der Waals surface area contributed by atoms with E-state index in [-0.39, 0.29) is 16.5 Å². The molecule has 18 heavy (non-hydrogen) atoms. The first kappa shape index (κ1) is 15.8. The highest BCUT2D eigenvalue weighted by Crippen LogP contribution is 2.25. The summed E-state index contributed by atoms with van der Waals surface area (Å²) in [5, 5.41) is 0.225. The van der Waals surface area contributed by atoms with Crippen LogP contribution in [-0.4, -0.2) is 38.3 Å². The number of rotatable bonds is 6. The van der Waals surface area contributed by atoms with Crippen molar-refractivity contribution in [1.29, 1.82) is 0 Å². The van der Waals surface area contributed by atoms with Gasteiger partial charge in [0.1, 0.15) is 4.90 Å². The minimum Gasteiger partial charge on any atom is -0.326 e. The summed E-state index contributed by atoms with van der Waals surface area (Å²) in [5.74, 6) is 0.740. The van der Waals surface area contributed by atoms with Crippen molar-refractivity contribution >= 4 is 33.4 Å². The Morgan fingerprint density at radius 1 is 1.44 bits per heavy atom. The molecule has 4 nitrogen and oxygen atoms in total. The highest BCUT2D eigenvalue weighted by atomic mass is 35.5. The molecule has 1 aromatic rings. The highest BCUT2D eigenvalue weighted by molar-refractivity contribution is 7.98. The van der Waals surface area contributed by atoms with Gasteiger partial charge in [0.25, 0.3) is 0 Å². The summed E-state index contributed by atoms with van der Waals surface area (Å²) < 4.78 is 25.9. The smallest absolute Gasteiger partial charge is 0.244 e. The molecule has 0 heterocycles. The Kier molecular flexibility index (Phi) is 5.94. The molecule has 2 N–H and O–H groups in total. The number of hydrogen-bond donors (Lipinski definition) is 1. The maximum Gasteiger partial charge on any atom is 0.244 e. The molecule has 7 heteroatoms. The molecule has 1 aromatic carbocycles. The SMILES string of the molecule is CSCCN(C)S(=O)(=O)c1cc(CN)ccc1Cl. The van der Waals surface area contributed by atoms with E-state index in [0.717, 1.165) is 11.3 Å². The summed E-state index contributed by atoms with van der Waals surface area (Å²) in [6.45, 7) is 0.737. The molecule has 0 fully saturated rings. The minimum atomic E-state index is -3.54. The van der Waals surface area contributed by atoms with Crippen molar-refractivity contribution in [3.8, 4) is 0 Å². The molecule has 0 aromatic heterocycles. The predicted molar refractivity (Wildman–Crippen MR) is 77.5 cm³/mol. The lowest BCUT2D eigenvalue weighted by molar-refractivity contribution is 0.488. The molecule has 0 saturated carbocycles. The standard InChI is InChI=1S/C11H17ClN2O2S2/c1-14(5-6-17-2)18(15,16)11-7-9(8-13)3-4-10(11)12/h3-4,7H,5-6,8,13H2,1-2H3. The van der Waals surface area contributed by atoms with Crippen LogP contribution in [0.5, 0.6) is 0 Å². The molecule has 0 aliphatic rings. The molecular formula is C11H17ClN2O2S2. The van der Waals surface area contributed by atoms with Crippen LogP contribution in [0, 0.1) is 0 Å². The Balaban J connectivity index is 3.11. The van der Waals surface area contributed by atoms with Gasteiger partial charge >= 0.3 is 0 Å². The van der Waals surface area contributed by atoms with E-state index in [2.05, 4.69) is 0 Å². The first-order chi connectivity index (χ1) is 8.43. The van der Waals surface area contributed by atoms with Gasteiger partial charge in [0.2, 0.25) is 10.0 Å². The van der Waals surface area contributed by atoms with E-state index in [1.54, 1.807) is 30.9 Å². The lowest BCUT2D eigenvalue weighted by atomic mass is 10.2. The third-order valence-corrected chi connectivity index (χ3v) is 5.46. The van der Waals surface area contributed by atoms with Gasteiger partial charge in [0.15, 0.2) is 0 Å². The van der Waals surface area contributed by atoms with Gasteiger partial charge in [-0.3, -0.25) is 0 Å². The topological polar surface area (TPSA) is 63.4 Å². The van der Waals surface area contributed by atoms with E-state index in [0.29, 0.717) is 6.54 Å². The molecule has 0 unspecified atom stereocenters. The molecule has 0 saturated heterocycles. The molecule has 0 radical (unpaired) electrons. The van der Waals surface area contributed by atoms with Crippen LogP contribution in [0.4, 0.5) is 0 Å². The molecule has 1 rings (SSSR count). The second kappa shape index (κ2) is 6.77. The summed E-state index contributed by atoms with van der Waals surface area (Å²) in [5.41, 5.74) is 6.26. The Morgan fingerprint density at radius 3 is 2.67 bits per heavy atom. The zero-order valence-electron chi connectivity index (χ0n) is 10.4. The average molecular weight is 309 g/mol. The Labute approximate surface area is 118 Å². The van der Waals surface area contributed by atoms with Crippen molar-refractivity contribution in [2.75, 3.05) is 25.6 Å². The fourth-order valence-corrected chi connectivity index (χ4v) is 3.64. The number of benzene rings is 1. The Bertz CT molecular complexity index is 506. The monoisotopic (exact) mass is 308 g/mol. The van der Waals surface area contributed by atoms with Gasteiger partial charge in [-0.15, -0.1) is 0 Å². The largest absolute Gasteiger partial charge is 0.326 e. The fraction of sp³-hybridized carbons (Fsp3) is 0.455. The maximum atomic E-state index is 12.3. The molecule has 0 amide bonds. The normalized spacial score (nSPS) is 12.1. The molecule has 0 atom stereocenters. The molecular weight excluding hydrogens is 292 g/mol. The fourth-order valence-electron chi connectivity index (χ4n) is 1.38. The van der Waals surface area contributed by atoms with E-state index in [1.807, 2.05) is 6.26 Å². The van der Waals surface area contributed by atoms with E-state index in [4.69, 9.17) is 17.3 Å². The van der Waals surface area contributed by atoms with Crippen molar-refractivity contribution < 1.29 is 8.42 Å². The third-order valence-electron chi connectivity index (χ3n) is 2.53. The first-order valence-corrected chi connectivity index (χ1v) is 8.58. The summed E-state index contributed by atoms with van der Waals surface area (Å²) in [6, 6.07) is 4.83. The van der Waals surface area contributed by atoms with Crippen molar-refractivity contribution in [3.05, 3.63) is 28.8 Å². The Hall–Kier alpha value is -0.270. The zero-order valence-corrected chi connectivity index (χ0v) is 12.8. The van der Waals surface area contributed by atoms with Gasteiger partial charge in [-0.2, -0.15) is 11.8 Å². The van der Waals surface area contributed by atoms with E-state index in [1.165, 1.54) is 10.4 Å². The predicted octanol–water partition coefficient (Wildman–Crippen LogP) is 1.78. The number of nitrogens with two attached hydrogens (primary N) is 1. The van der Waals surface area contributed by atoms with Crippen LogP contribution in [0.25, 0.3) is 0 Å². The minimum absolute atomic E-state index is 0.121. The molecule has 0 aliphatic carbocycles. The van der Waals surface area contributed by atoms with Crippen molar-refractivity contribution in [1.82, 2.24) is 4.31 Å². The third kappa shape index (κ3) is 3.61. The number of halogens is 1. The number of sulfonamides is 1. The number of hydrogen-bond acceptors (Lipinski definition) is 4. The van der Waals surface area contributed by atoms with Crippen molar-refractivity contribution in [2.45, 2.75) is 11.4 Å². The van der Waals surface area contributed by atoms with Gasteiger partial charge in [-0.25, -0.2) is 12.7 Å². The zero-order chi connectivity index (χ0) is 13.8. The van der Waals surface area contributed by atoms with E-state index < -0.39 is 10.0 Å².